The van der Waals surface area contributed by atoms with Crippen LogP contribution < -0.4 is 15.8 Å². The molecule has 3 N–H and O–H groups in total. The third-order valence-corrected chi connectivity index (χ3v) is 3.53. The van der Waals surface area contributed by atoms with E-state index in [1.165, 1.54) is 5.56 Å². The molecule has 1 heterocycles. The number of benzene rings is 1. The molecule has 0 spiro atoms. The van der Waals surface area contributed by atoms with Gasteiger partial charge in [-0.05, 0) is 45.2 Å². The average molecular weight is 305 g/mol. The molecule has 0 bridgehead atoms. The number of rotatable bonds is 6. The minimum atomic E-state index is 0.213. The third-order valence-electron chi connectivity index (χ3n) is 3.53. The van der Waals surface area contributed by atoms with E-state index in [-0.39, 0.29) is 12.1 Å². The maximum atomic E-state index is 5.96. The molecule has 5 heteroatoms. The van der Waals surface area contributed by atoms with Crippen molar-refractivity contribution in [1.82, 2.24) is 5.32 Å². The normalized spacial score (nSPS) is 18.7. The smallest absolute Gasteiger partial charge is 0.189 e. The maximum Gasteiger partial charge on any atom is 0.189 e. The Morgan fingerprint density at radius 3 is 3.00 bits per heavy atom. The quantitative estimate of drug-likeness (QED) is 0.625. The second kappa shape index (κ2) is 8.03. The van der Waals surface area contributed by atoms with E-state index in [1.807, 2.05) is 26.0 Å². The lowest BCUT2D eigenvalue weighted by molar-refractivity contribution is 0.0676. The van der Waals surface area contributed by atoms with E-state index >= 15 is 0 Å². The van der Waals surface area contributed by atoms with E-state index in [4.69, 9.17) is 15.2 Å². The average Bonchev–Trinajstić information content (AvgIpc) is 2.96. The molecule has 1 aromatic carbocycles. The number of nitrogens with zero attached hydrogens (tertiary/aromatic N) is 1. The summed E-state index contributed by atoms with van der Waals surface area (Å²) < 4.78 is 11.6. The van der Waals surface area contributed by atoms with Crippen molar-refractivity contribution in [1.29, 1.82) is 0 Å². The lowest BCUT2D eigenvalue weighted by atomic mass is 10.1. The van der Waals surface area contributed by atoms with Crippen molar-refractivity contribution in [3.05, 3.63) is 29.3 Å². The Labute approximate surface area is 132 Å². The van der Waals surface area contributed by atoms with Crippen LogP contribution in [0.15, 0.2) is 23.2 Å². The van der Waals surface area contributed by atoms with E-state index in [0.717, 1.165) is 30.8 Å². The minimum Gasteiger partial charge on any atom is -0.491 e. The van der Waals surface area contributed by atoms with Gasteiger partial charge in [0.25, 0.3) is 0 Å². The van der Waals surface area contributed by atoms with E-state index in [1.54, 1.807) is 0 Å². The second-order valence-electron chi connectivity index (χ2n) is 6.06. The Morgan fingerprint density at radius 1 is 1.50 bits per heavy atom. The van der Waals surface area contributed by atoms with Crippen LogP contribution in [0.2, 0.25) is 0 Å². The van der Waals surface area contributed by atoms with Crippen molar-refractivity contribution >= 4 is 5.96 Å². The van der Waals surface area contributed by atoms with Crippen molar-refractivity contribution in [3.63, 3.8) is 0 Å². The number of nitrogens with one attached hydrogen (secondary N) is 1. The van der Waals surface area contributed by atoms with Gasteiger partial charge < -0.3 is 20.5 Å². The molecular weight excluding hydrogens is 278 g/mol. The summed E-state index contributed by atoms with van der Waals surface area (Å²) in [5, 5.41) is 3.09. The molecule has 1 aliphatic heterocycles. The van der Waals surface area contributed by atoms with Gasteiger partial charge in [0, 0.05) is 18.2 Å². The summed E-state index contributed by atoms with van der Waals surface area (Å²) in [6.45, 7) is 8.07. The van der Waals surface area contributed by atoms with Crippen molar-refractivity contribution in [2.24, 2.45) is 10.7 Å². The van der Waals surface area contributed by atoms with Crippen molar-refractivity contribution in [2.75, 3.05) is 13.2 Å². The molecule has 22 heavy (non-hydrogen) atoms. The van der Waals surface area contributed by atoms with Crippen LogP contribution in [-0.2, 0) is 11.3 Å². The van der Waals surface area contributed by atoms with Gasteiger partial charge in [-0.25, -0.2) is 4.99 Å². The van der Waals surface area contributed by atoms with Gasteiger partial charge in [-0.15, -0.1) is 0 Å². The van der Waals surface area contributed by atoms with Crippen LogP contribution in [0.25, 0.3) is 0 Å². The van der Waals surface area contributed by atoms with Crippen LogP contribution in [0, 0.1) is 6.92 Å². The molecule has 1 atom stereocenters. The highest BCUT2D eigenvalue weighted by molar-refractivity contribution is 5.78. The molecular formula is C17H27N3O2. The van der Waals surface area contributed by atoms with E-state index in [9.17, 15) is 0 Å². The molecule has 0 saturated carbocycles. The standard InChI is InChI=1S/C17H27N3O2/c1-12(2)20-17(18)19-10-14-7-6-13(3)9-16(14)22-11-15-5-4-8-21-15/h6-7,9,12,15H,4-5,8,10-11H2,1-3H3,(H3,18,19,20). The van der Waals surface area contributed by atoms with Gasteiger partial charge in [0.2, 0.25) is 0 Å². The Bertz CT molecular complexity index is 509. The molecule has 1 aliphatic rings. The van der Waals surface area contributed by atoms with E-state index in [2.05, 4.69) is 23.3 Å². The van der Waals surface area contributed by atoms with Crippen molar-refractivity contribution < 1.29 is 9.47 Å². The number of nitrogens with two attached hydrogens (primary N) is 1. The van der Waals surface area contributed by atoms with E-state index < -0.39 is 0 Å². The summed E-state index contributed by atoms with van der Waals surface area (Å²) in [7, 11) is 0. The Balaban J connectivity index is 2.00. The largest absolute Gasteiger partial charge is 0.491 e. The Kier molecular flexibility index (Phi) is 6.07. The van der Waals surface area contributed by atoms with Crippen LogP contribution in [0.3, 0.4) is 0 Å². The Morgan fingerprint density at radius 2 is 2.32 bits per heavy atom. The first-order valence-corrected chi connectivity index (χ1v) is 7.95. The molecule has 0 aromatic heterocycles. The zero-order valence-corrected chi connectivity index (χ0v) is 13.8. The van der Waals surface area contributed by atoms with Gasteiger partial charge in [-0.2, -0.15) is 0 Å². The molecule has 0 aliphatic carbocycles. The maximum absolute atomic E-state index is 5.96. The summed E-state index contributed by atoms with van der Waals surface area (Å²) in [6.07, 6.45) is 2.41. The van der Waals surface area contributed by atoms with Crippen LogP contribution in [0.1, 0.15) is 37.8 Å². The molecule has 1 unspecified atom stereocenters. The summed E-state index contributed by atoms with van der Waals surface area (Å²) in [5.41, 5.74) is 8.06. The highest BCUT2D eigenvalue weighted by Gasteiger charge is 2.16. The highest BCUT2D eigenvalue weighted by atomic mass is 16.5. The topological polar surface area (TPSA) is 68.9 Å². The first kappa shape index (κ1) is 16.6. The molecule has 1 aromatic rings. The minimum absolute atomic E-state index is 0.213. The molecule has 1 fully saturated rings. The van der Waals surface area contributed by atoms with Crippen molar-refractivity contribution in [2.45, 2.75) is 52.3 Å². The fourth-order valence-electron chi connectivity index (χ4n) is 2.40. The molecule has 122 valence electrons. The summed E-state index contributed by atoms with van der Waals surface area (Å²) in [5.74, 6) is 1.33. The van der Waals surface area contributed by atoms with Gasteiger partial charge >= 0.3 is 0 Å². The number of aryl methyl sites for hydroxylation is 1. The summed E-state index contributed by atoms with van der Waals surface area (Å²) in [4.78, 5) is 4.38. The van der Waals surface area contributed by atoms with E-state index in [0.29, 0.717) is 19.1 Å². The second-order valence-corrected chi connectivity index (χ2v) is 6.06. The zero-order valence-electron chi connectivity index (χ0n) is 13.8. The predicted octanol–water partition coefficient (Wildman–Crippen LogP) is 2.37. The SMILES string of the molecule is Cc1ccc(CN=C(N)NC(C)C)c(OCC2CCCO2)c1. The molecule has 1 saturated heterocycles. The predicted molar refractivity (Wildman–Crippen MR) is 89.2 cm³/mol. The van der Waals surface area contributed by atoms with Gasteiger partial charge in [-0.3, -0.25) is 0 Å². The number of ether oxygens (including phenoxy) is 2. The third kappa shape index (κ3) is 5.22. The number of hydrogen-bond acceptors (Lipinski definition) is 3. The van der Waals surface area contributed by atoms with Crippen LogP contribution in [0.4, 0.5) is 0 Å². The zero-order chi connectivity index (χ0) is 15.9. The lowest BCUT2D eigenvalue weighted by Crippen LogP contribution is -2.36. The monoisotopic (exact) mass is 305 g/mol. The Hall–Kier alpha value is -1.75. The first-order chi connectivity index (χ1) is 10.5. The van der Waals surface area contributed by atoms with Gasteiger partial charge in [0.15, 0.2) is 5.96 Å². The van der Waals surface area contributed by atoms with Gasteiger partial charge in [0.05, 0.1) is 12.6 Å². The number of hydrogen-bond donors (Lipinski definition) is 2. The van der Waals surface area contributed by atoms with Crippen LogP contribution in [-0.4, -0.2) is 31.3 Å². The fraction of sp³-hybridized carbons (Fsp3) is 0.588. The summed E-state index contributed by atoms with van der Waals surface area (Å²) >= 11 is 0. The molecule has 0 amide bonds. The first-order valence-electron chi connectivity index (χ1n) is 7.95. The lowest BCUT2D eigenvalue weighted by Gasteiger charge is -2.15. The van der Waals surface area contributed by atoms with Crippen LogP contribution in [0.5, 0.6) is 5.75 Å². The number of aliphatic imine (C=N–C) groups is 1. The fourth-order valence-corrected chi connectivity index (χ4v) is 2.40. The van der Waals surface area contributed by atoms with Crippen LogP contribution >= 0.6 is 0 Å². The molecule has 2 rings (SSSR count). The molecule has 5 nitrogen and oxygen atoms in total. The van der Waals surface area contributed by atoms with Gasteiger partial charge in [0.1, 0.15) is 12.4 Å². The summed E-state index contributed by atoms with van der Waals surface area (Å²) in [6, 6.07) is 6.44. The van der Waals surface area contributed by atoms with Crippen molar-refractivity contribution in [3.8, 4) is 5.75 Å². The van der Waals surface area contributed by atoms with Gasteiger partial charge in [-0.1, -0.05) is 12.1 Å². The number of guanidine groups is 1. The molecule has 0 radical (unpaired) electrons. The highest BCUT2D eigenvalue weighted by Crippen LogP contribution is 2.23.